The van der Waals surface area contributed by atoms with Crippen molar-refractivity contribution in [3.63, 3.8) is 0 Å². The number of benzene rings is 2. The molecule has 162 valence electrons. The number of fused-ring (bicyclic) bond motifs is 1. The summed E-state index contributed by atoms with van der Waals surface area (Å²) in [7, 11) is 0. The van der Waals surface area contributed by atoms with Gasteiger partial charge in [-0.2, -0.15) is 0 Å². The third kappa shape index (κ3) is 4.98. The van der Waals surface area contributed by atoms with E-state index in [9.17, 15) is 9.59 Å². The van der Waals surface area contributed by atoms with Crippen LogP contribution in [0.2, 0.25) is 5.02 Å². The van der Waals surface area contributed by atoms with Gasteiger partial charge in [0.1, 0.15) is 0 Å². The Morgan fingerprint density at radius 2 is 1.94 bits per heavy atom. The molecule has 6 nitrogen and oxygen atoms in total. The Bertz CT molecular complexity index is 1340. The Kier molecular flexibility index (Phi) is 6.23. The summed E-state index contributed by atoms with van der Waals surface area (Å²) >= 11 is 6.05. The molecule has 0 saturated heterocycles. The Morgan fingerprint density at radius 1 is 1.09 bits per heavy atom. The fraction of sp³-hybridized carbons (Fsp3) is 0.160. The lowest BCUT2D eigenvalue weighted by atomic mass is 10.0. The van der Waals surface area contributed by atoms with E-state index < -0.39 is 0 Å². The zero-order valence-corrected chi connectivity index (χ0v) is 18.6. The number of amides is 2. The molecule has 2 aromatic carbocycles. The van der Waals surface area contributed by atoms with Gasteiger partial charge >= 0.3 is 6.03 Å². The second-order valence-corrected chi connectivity index (χ2v) is 8.26. The number of H-pyrrole nitrogens is 1. The van der Waals surface area contributed by atoms with Gasteiger partial charge in [-0.05, 0) is 66.9 Å². The van der Waals surface area contributed by atoms with Gasteiger partial charge in [-0.1, -0.05) is 29.8 Å². The highest BCUT2D eigenvalue weighted by molar-refractivity contribution is 6.30. The van der Waals surface area contributed by atoms with Gasteiger partial charge in [-0.15, -0.1) is 0 Å². The van der Waals surface area contributed by atoms with Crippen LogP contribution in [0.5, 0.6) is 0 Å². The molecule has 0 aliphatic heterocycles. The van der Waals surface area contributed by atoms with Crippen molar-refractivity contribution in [1.82, 2.24) is 14.9 Å². The first-order chi connectivity index (χ1) is 15.4. The summed E-state index contributed by atoms with van der Waals surface area (Å²) in [5.74, 6) is 0. The third-order valence-corrected chi connectivity index (χ3v) is 5.45. The van der Waals surface area contributed by atoms with Crippen LogP contribution in [0.3, 0.4) is 0 Å². The topological polar surface area (TPSA) is 78.1 Å². The van der Waals surface area contributed by atoms with Crippen molar-refractivity contribution in [1.29, 1.82) is 0 Å². The van der Waals surface area contributed by atoms with E-state index in [4.69, 9.17) is 11.6 Å². The van der Waals surface area contributed by atoms with E-state index >= 15 is 0 Å². The molecule has 32 heavy (non-hydrogen) atoms. The highest BCUT2D eigenvalue weighted by atomic mass is 35.5. The predicted octanol–water partition coefficient (Wildman–Crippen LogP) is 5.43. The largest absolute Gasteiger partial charge is 0.322 e. The van der Waals surface area contributed by atoms with E-state index in [1.807, 2.05) is 38.1 Å². The highest BCUT2D eigenvalue weighted by Crippen LogP contribution is 2.20. The van der Waals surface area contributed by atoms with Gasteiger partial charge in [0.2, 0.25) is 0 Å². The Labute approximate surface area is 190 Å². The van der Waals surface area contributed by atoms with Gasteiger partial charge in [0.15, 0.2) is 0 Å². The summed E-state index contributed by atoms with van der Waals surface area (Å²) in [5.41, 5.74) is 4.68. The molecular weight excluding hydrogens is 424 g/mol. The number of pyridine rings is 2. The zero-order valence-electron chi connectivity index (χ0n) is 17.9. The maximum absolute atomic E-state index is 13.2. The first-order valence-electron chi connectivity index (χ1n) is 10.2. The predicted molar refractivity (Wildman–Crippen MR) is 128 cm³/mol. The minimum absolute atomic E-state index is 0.139. The standard InChI is InChI=1S/C25H23ClN4O2/c1-16-9-17(2)22-11-19(24(31)29-23(22)10-16)15-30(14-18-5-4-8-27-13-18)25(32)28-21-7-3-6-20(26)12-21/h3-13H,14-15H2,1-2H3,(H,28,32)(H,29,31). The summed E-state index contributed by atoms with van der Waals surface area (Å²) in [5, 5.41) is 4.35. The number of hydrogen-bond acceptors (Lipinski definition) is 3. The summed E-state index contributed by atoms with van der Waals surface area (Å²) < 4.78 is 0. The fourth-order valence-electron chi connectivity index (χ4n) is 3.72. The lowest BCUT2D eigenvalue weighted by Gasteiger charge is -2.23. The highest BCUT2D eigenvalue weighted by Gasteiger charge is 2.18. The van der Waals surface area contributed by atoms with Crippen molar-refractivity contribution in [3.05, 3.63) is 105 Å². The van der Waals surface area contributed by atoms with Crippen molar-refractivity contribution in [2.75, 3.05) is 5.32 Å². The third-order valence-electron chi connectivity index (χ3n) is 5.21. The molecule has 0 saturated carbocycles. The van der Waals surface area contributed by atoms with E-state index in [1.54, 1.807) is 41.6 Å². The molecule has 0 atom stereocenters. The number of aromatic amines is 1. The quantitative estimate of drug-likeness (QED) is 0.429. The van der Waals surface area contributed by atoms with Gasteiger partial charge in [0, 0.05) is 46.1 Å². The summed E-state index contributed by atoms with van der Waals surface area (Å²) in [4.78, 5) is 34.7. The molecule has 7 heteroatoms. The molecule has 0 fully saturated rings. The normalized spacial score (nSPS) is 10.8. The average molecular weight is 447 g/mol. The molecule has 4 aromatic rings. The molecule has 0 radical (unpaired) electrons. The van der Waals surface area contributed by atoms with Crippen LogP contribution in [0.15, 0.2) is 71.8 Å². The molecular formula is C25H23ClN4O2. The zero-order chi connectivity index (χ0) is 22.7. The fourth-order valence-corrected chi connectivity index (χ4v) is 3.91. The van der Waals surface area contributed by atoms with E-state index in [1.165, 1.54) is 0 Å². The van der Waals surface area contributed by atoms with Crippen LogP contribution in [-0.4, -0.2) is 20.9 Å². The molecule has 0 unspecified atom stereocenters. The van der Waals surface area contributed by atoms with Crippen LogP contribution >= 0.6 is 11.6 Å². The Balaban J connectivity index is 1.67. The van der Waals surface area contributed by atoms with E-state index in [0.717, 1.165) is 27.6 Å². The van der Waals surface area contributed by atoms with Crippen LogP contribution in [0, 0.1) is 13.8 Å². The van der Waals surface area contributed by atoms with Crippen LogP contribution in [-0.2, 0) is 13.1 Å². The molecule has 2 N–H and O–H groups in total. The first kappa shape index (κ1) is 21.6. The second-order valence-electron chi connectivity index (χ2n) is 7.82. The molecule has 0 bridgehead atoms. The minimum atomic E-state index is -0.337. The number of hydrogen-bond donors (Lipinski definition) is 2. The van der Waals surface area contributed by atoms with Crippen LogP contribution < -0.4 is 10.9 Å². The summed E-state index contributed by atoms with van der Waals surface area (Å²) in [6.07, 6.45) is 3.38. The molecule has 0 aliphatic rings. The van der Waals surface area contributed by atoms with Crippen molar-refractivity contribution in [3.8, 4) is 0 Å². The molecule has 0 aliphatic carbocycles. The van der Waals surface area contributed by atoms with Gasteiger partial charge in [0.25, 0.3) is 5.56 Å². The SMILES string of the molecule is Cc1cc(C)c2cc(CN(Cc3cccnc3)C(=O)Nc3cccc(Cl)c3)c(=O)[nH]c2c1. The molecule has 4 rings (SSSR count). The molecule has 2 amide bonds. The van der Waals surface area contributed by atoms with Crippen molar-refractivity contribution >= 4 is 34.2 Å². The summed E-state index contributed by atoms with van der Waals surface area (Å²) in [6.45, 7) is 4.44. The number of rotatable bonds is 5. The summed E-state index contributed by atoms with van der Waals surface area (Å²) in [6, 6.07) is 16.2. The second kappa shape index (κ2) is 9.24. The van der Waals surface area contributed by atoms with E-state index in [-0.39, 0.29) is 18.1 Å². The Hall–Kier alpha value is -3.64. The van der Waals surface area contributed by atoms with Gasteiger partial charge in [-0.3, -0.25) is 9.78 Å². The van der Waals surface area contributed by atoms with Crippen LogP contribution in [0.1, 0.15) is 22.3 Å². The number of nitrogens with zero attached hydrogens (tertiary/aromatic N) is 2. The number of halogens is 1. The molecule has 0 spiro atoms. The monoisotopic (exact) mass is 446 g/mol. The van der Waals surface area contributed by atoms with Gasteiger partial charge in [0.05, 0.1) is 6.54 Å². The number of anilines is 1. The smallest absolute Gasteiger partial charge is 0.322 e. The van der Waals surface area contributed by atoms with Crippen molar-refractivity contribution in [2.45, 2.75) is 26.9 Å². The number of aryl methyl sites for hydroxylation is 2. The van der Waals surface area contributed by atoms with Gasteiger partial charge in [-0.25, -0.2) is 4.79 Å². The van der Waals surface area contributed by atoms with Crippen molar-refractivity contribution < 1.29 is 4.79 Å². The lowest BCUT2D eigenvalue weighted by Crippen LogP contribution is -2.35. The maximum Gasteiger partial charge on any atom is 0.322 e. The van der Waals surface area contributed by atoms with Crippen molar-refractivity contribution in [2.24, 2.45) is 0 Å². The molecule has 2 heterocycles. The number of carbonyl (C=O) groups is 1. The first-order valence-corrected chi connectivity index (χ1v) is 10.6. The number of aromatic nitrogens is 2. The average Bonchev–Trinajstić information content (AvgIpc) is 2.74. The van der Waals surface area contributed by atoms with Crippen LogP contribution in [0.25, 0.3) is 10.9 Å². The maximum atomic E-state index is 13.2. The van der Waals surface area contributed by atoms with E-state index in [2.05, 4.69) is 21.4 Å². The van der Waals surface area contributed by atoms with E-state index in [0.29, 0.717) is 22.8 Å². The Morgan fingerprint density at radius 3 is 2.69 bits per heavy atom. The number of carbonyl (C=O) groups excluding carboxylic acids is 1. The number of urea groups is 1. The number of nitrogens with one attached hydrogen (secondary N) is 2. The van der Waals surface area contributed by atoms with Crippen LogP contribution in [0.4, 0.5) is 10.5 Å². The van der Waals surface area contributed by atoms with Gasteiger partial charge < -0.3 is 15.2 Å². The minimum Gasteiger partial charge on any atom is -0.322 e. The lowest BCUT2D eigenvalue weighted by molar-refractivity contribution is 0.206. The molecule has 2 aromatic heterocycles.